The summed E-state index contributed by atoms with van der Waals surface area (Å²) in [6, 6.07) is 35.3. The Bertz CT molecular complexity index is 1900. The third-order valence-electron chi connectivity index (χ3n) is 7.52. The van der Waals surface area contributed by atoms with Crippen LogP contribution in [0.15, 0.2) is 118 Å². The van der Waals surface area contributed by atoms with Crippen molar-refractivity contribution in [3.8, 4) is 45.4 Å². The summed E-state index contributed by atoms with van der Waals surface area (Å²) in [4.78, 5) is 13.3. The highest BCUT2D eigenvalue weighted by atomic mass is 16.5. The lowest BCUT2D eigenvalue weighted by atomic mass is 9.95. The number of carbonyl (C=O) groups is 1. The van der Waals surface area contributed by atoms with Crippen LogP contribution in [-0.4, -0.2) is 22.8 Å². The Kier molecular flexibility index (Phi) is 9.24. The van der Waals surface area contributed by atoms with E-state index < -0.39 is 0 Å². The molecule has 2 heterocycles. The van der Waals surface area contributed by atoms with E-state index in [9.17, 15) is 4.79 Å². The minimum absolute atomic E-state index is 0.0943. The first-order valence-electron chi connectivity index (χ1n) is 15.3. The Morgan fingerprint density at radius 2 is 1.37 bits per heavy atom. The monoisotopic (exact) mass is 613 g/mol. The van der Waals surface area contributed by atoms with Crippen molar-refractivity contribution in [1.82, 2.24) is 15.6 Å². The maximum atomic E-state index is 13.3. The maximum Gasteiger partial charge on any atom is 0.274 e. The molecule has 8 nitrogen and oxygen atoms in total. The molecule has 0 spiro atoms. The number of aromatic nitrogens is 2. The van der Waals surface area contributed by atoms with E-state index in [1.807, 2.05) is 110 Å². The number of benzene rings is 4. The van der Waals surface area contributed by atoms with Crippen LogP contribution in [0.5, 0.6) is 11.5 Å². The number of ether oxygens (including phenoxy) is 2. The summed E-state index contributed by atoms with van der Waals surface area (Å²) in [6.07, 6.45) is 0. The van der Waals surface area contributed by atoms with Crippen molar-refractivity contribution < 1.29 is 23.3 Å². The maximum absolute atomic E-state index is 13.3. The first kappa shape index (κ1) is 30.4. The fraction of sp³-hybridized carbons (Fsp3) is 0.184. The Morgan fingerprint density at radius 1 is 0.761 bits per heavy atom. The molecule has 1 N–H and O–H groups in total. The summed E-state index contributed by atoms with van der Waals surface area (Å²) in [5.41, 5.74) is 5.59. The van der Waals surface area contributed by atoms with Crippen molar-refractivity contribution in [2.45, 2.75) is 39.9 Å². The lowest BCUT2D eigenvalue weighted by molar-refractivity contribution is 0.0947. The number of hydrogen-bond donors (Lipinski definition) is 1. The fourth-order valence-corrected chi connectivity index (χ4v) is 5.16. The van der Waals surface area contributed by atoms with Gasteiger partial charge < -0.3 is 23.8 Å². The highest BCUT2D eigenvalue weighted by Crippen LogP contribution is 2.45. The molecule has 4 aromatic carbocycles. The number of amides is 1. The van der Waals surface area contributed by atoms with E-state index in [0.717, 1.165) is 22.3 Å². The molecule has 0 unspecified atom stereocenters. The van der Waals surface area contributed by atoms with Crippen molar-refractivity contribution in [2.75, 3.05) is 6.54 Å². The molecule has 0 bridgehead atoms. The first-order chi connectivity index (χ1) is 22.5. The Hall–Kier alpha value is -5.63. The van der Waals surface area contributed by atoms with E-state index >= 15 is 0 Å². The van der Waals surface area contributed by atoms with Crippen molar-refractivity contribution in [3.63, 3.8) is 0 Å². The van der Waals surface area contributed by atoms with Crippen molar-refractivity contribution in [2.24, 2.45) is 0 Å². The summed E-state index contributed by atoms with van der Waals surface area (Å²) in [6.45, 7) is 7.17. The van der Waals surface area contributed by atoms with Gasteiger partial charge in [-0.15, -0.1) is 0 Å². The molecule has 6 aromatic rings. The van der Waals surface area contributed by atoms with Crippen LogP contribution in [0.4, 0.5) is 0 Å². The molecule has 0 aliphatic heterocycles. The number of rotatable bonds is 12. The van der Waals surface area contributed by atoms with Gasteiger partial charge in [0, 0.05) is 24.2 Å². The van der Waals surface area contributed by atoms with Crippen LogP contribution in [0.2, 0.25) is 0 Å². The van der Waals surface area contributed by atoms with E-state index in [-0.39, 0.29) is 17.5 Å². The summed E-state index contributed by atoms with van der Waals surface area (Å²) in [7, 11) is 0. The zero-order chi connectivity index (χ0) is 31.9. The summed E-state index contributed by atoms with van der Waals surface area (Å²) in [5.74, 6) is 1.60. The molecule has 0 saturated carbocycles. The van der Waals surface area contributed by atoms with E-state index in [0.29, 0.717) is 59.6 Å². The zero-order valence-corrected chi connectivity index (χ0v) is 26.0. The first-order valence-corrected chi connectivity index (χ1v) is 15.3. The highest BCUT2D eigenvalue weighted by Gasteiger charge is 2.30. The van der Waals surface area contributed by atoms with Crippen LogP contribution in [0.3, 0.4) is 0 Å². The van der Waals surface area contributed by atoms with E-state index in [1.165, 1.54) is 0 Å². The Morgan fingerprint density at radius 3 is 1.98 bits per heavy atom. The Balaban J connectivity index is 1.49. The number of carbonyl (C=O) groups excluding carboxylic acids is 1. The molecule has 6 rings (SSSR count). The molecular weight excluding hydrogens is 578 g/mol. The van der Waals surface area contributed by atoms with Gasteiger partial charge in [0.2, 0.25) is 0 Å². The largest absolute Gasteiger partial charge is 0.488 e. The highest BCUT2D eigenvalue weighted by molar-refractivity contribution is 6.02. The number of nitrogens with zero attached hydrogens (tertiary/aromatic N) is 2. The van der Waals surface area contributed by atoms with Gasteiger partial charge in [0.15, 0.2) is 17.2 Å². The van der Waals surface area contributed by atoms with Crippen LogP contribution >= 0.6 is 0 Å². The molecular formula is C38H35N3O5. The molecule has 8 heteroatoms. The van der Waals surface area contributed by atoms with Crippen molar-refractivity contribution in [3.05, 3.63) is 132 Å². The van der Waals surface area contributed by atoms with E-state index in [2.05, 4.69) is 29.5 Å². The molecule has 0 radical (unpaired) electrons. The topological polar surface area (TPSA) is 99.6 Å². The lowest BCUT2D eigenvalue weighted by Crippen LogP contribution is -2.23. The van der Waals surface area contributed by atoms with Gasteiger partial charge in [-0.25, -0.2) is 0 Å². The molecule has 0 aliphatic rings. The van der Waals surface area contributed by atoms with Gasteiger partial charge in [-0.05, 0) is 35.6 Å². The van der Waals surface area contributed by atoms with Crippen LogP contribution in [0.1, 0.15) is 53.9 Å². The lowest BCUT2D eigenvalue weighted by Gasteiger charge is -2.19. The van der Waals surface area contributed by atoms with Crippen LogP contribution < -0.4 is 14.8 Å². The second-order valence-corrected chi connectivity index (χ2v) is 11.1. The second-order valence-electron chi connectivity index (χ2n) is 11.1. The normalized spacial score (nSPS) is 11.0. The van der Waals surface area contributed by atoms with E-state index in [1.54, 1.807) is 6.07 Å². The molecule has 1 amide bonds. The van der Waals surface area contributed by atoms with E-state index in [4.69, 9.17) is 18.5 Å². The van der Waals surface area contributed by atoms with Gasteiger partial charge in [0.05, 0.1) is 5.56 Å². The van der Waals surface area contributed by atoms with Crippen LogP contribution in [-0.2, 0) is 13.2 Å². The minimum Gasteiger partial charge on any atom is -0.488 e. The standard InChI is InChI=1S/C38H35N3O5/c1-4-39-38(42)36-35(34-21-31(40-45-34)28-18-12-7-13-19-28)37(46-41-36)30-20-29(25(2)3)32(43-23-26-14-8-5-9-15-26)22-33(30)44-24-27-16-10-6-11-17-27/h5-22,25H,4,23-24H2,1-3H3,(H,39,42). The third-order valence-corrected chi connectivity index (χ3v) is 7.52. The van der Waals surface area contributed by atoms with Gasteiger partial charge in [0.25, 0.3) is 5.91 Å². The molecule has 2 aromatic heterocycles. The quantitative estimate of drug-likeness (QED) is 0.147. The zero-order valence-electron chi connectivity index (χ0n) is 26.0. The predicted octanol–water partition coefficient (Wildman–Crippen LogP) is 8.69. The molecule has 46 heavy (non-hydrogen) atoms. The fourth-order valence-electron chi connectivity index (χ4n) is 5.16. The van der Waals surface area contributed by atoms with Crippen LogP contribution in [0.25, 0.3) is 33.9 Å². The van der Waals surface area contributed by atoms with Crippen molar-refractivity contribution >= 4 is 5.91 Å². The second kappa shape index (κ2) is 14.0. The molecule has 0 fully saturated rings. The third kappa shape index (κ3) is 6.71. The van der Waals surface area contributed by atoms with Gasteiger partial charge in [-0.3, -0.25) is 4.79 Å². The van der Waals surface area contributed by atoms with Gasteiger partial charge in [-0.2, -0.15) is 0 Å². The summed E-state index contributed by atoms with van der Waals surface area (Å²) in [5, 5.41) is 11.4. The molecule has 0 atom stereocenters. The Labute approximate surface area is 268 Å². The smallest absolute Gasteiger partial charge is 0.274 e. The van der Waals surface area contributed by atoms with Crippen molar-refractivity contribution in [1.29, 1.82) is 0 Å². The molecule has 0 saturated heterocycles. The summed E-state index contributed by atoms with van der Waals surface area (Å²) < 4.78 is 24.7. The SMILES string of the molecule is CCNC(=O)c1noc(-c2cc(C(C)C)c(OCc3ccccc3)cc2OCc2ccccc2)c1-c1cc(-c2ccccc2)no1. The average molecular weight is 614 g/mol. The molecule has 0 aliphatic carbocycles. The predicted molar refractivity (Wildman–Crippen MR) is 177 cm³/mol. The van der Waals surface area contributed by atoms with Gasteiger partial charge in [-0.1, -0.05) is 115 Å². The molecule has 232 valence electrons. The van der Waals surface area contributed by atoms with Crippen LogP contribution in [0, 0.1) is 0 Å². The average Bonchev–Trinajstić information content (AvgIpc) is 3.76. The summed E-state index contributed by atoms with van der Waals surface area (Å²) >= 11 is 0. The van der Waals surface area contributed by atoms with Gasteiger partial charge in [0.1, 0.15) is 36.0 Å². The van der Waals surface area contributed by atoms with Gasteiger partial charge >= 0.3 is 0 Å². The number of nitrogens with one attached hydrogen (secondary N) is 1. The minimum atomic E-state index is -0.385. The number of hydrogen-bond acceptors (Lipinski definition) is 7.